The summed E-state index contributed by atoms with van der Waals surface area (Å²) in [6, 6.07) is 7.31. The molecule has 1 aromatic carbocycles. The molecule has 1 aromatic heterocycles. The minimum atomic E-state index is -3.19. The SMILES string of the molecule is C=CCn1c(SCC(=O)c2ccc(CCNS(C)(=O)=O)cc2)nnc1C1CCCCC1. The maximum absolute atomic E-state index is 12.7. The number of nitrogens with zero attached hydrogens (tertiary/aromatic N) is 3. The highest BCUT2D eigenvalue weighted by Crippen LogP contribution is 2.33. The Morgan fingerprint density at radius 3 is 2.58 bits per heavy atom. The number of carbonyl (C=O) groups excluding carboxylic acids is 1. The first-order chi connectivity index (χ1) is 14.9. The van der Waals surface area contributed by atoms with Crippen LogP contribution >= 0.6 is 11.8 Å². The lowest BCUT2D eigenvalue weighted by atomic mass is 9.89. The molecule has 1 saturated carbocycles. The fraction of sp³-hybridized carbons (Fsp3) is 0.500. The van der Waals surface area contributed by atoms with Crippen molar-refractivity contribution in [1.29, 1.82) is 0 Å². The third kappa shape index (κ3) is 7.02. The number of allylic oxidation sites excluding steroid dienone is 1. The van der Waals surface area contributed by atoms with Crippen molar-refractivity contribution in [3.05, 3.63) is 53.9 Å². The molecule has 9 heteroatoms. The van der Waals surface area contributed by atoms with Crippen LogP contribution in [0, 0.1) is 0 Å². The first-order valence-corrected chi connectivity index (χ1v) is 13.5. The first kappa shape index (κ1) is 23.7. The number of carbonyl (C=O) groups is 1. The summed E-state index contributed by atoms with van der Waals surface area (Å²) in [5, 5.41) is 9.58. The van der Waals surface area contributed by atoms with E-state index in [1.165, 1.54) is 31.0 Å². The van der Waals surface area contributed by atoms with Gasteiger partial charge in [-0.2, -0.15) is 0 Å². The highest BCUT2D eigenvalue weighted by atomic mass is 32.2. The second kappa shape index (κ2) is 11.1. The number of sulfonamides is 1. The lowest BCUT2D eigenvalue weighted by Crippen LogP contribution is -2.24. The van der Waals surface area contributed by atoms with E-state index in [-0.39, 0.29) is 11.5 Å². The third-order valence-corrected chi connectivity index (χ3v) is 7.11. The number of thioether (sulfide) groups is 1. The highest BCUT2D eigenvalue weighted by Gasteiger charge is 2.23. The topological polar surface area (TPSA) is 94.0 Å². The number of ketones is 1. The van der Waals surface area contributed by atoms with Crippen molar-refractivity contribution in [1.82, 2.24) is 19.5 Å². The number of Topliss-reactive ketones (excluding diaryl/α,β-unsaturated/α-hetero) is 1. The molecule has 31 heavy (non-hydrogen) atoms. The van der Waals surface area contributed by atoms with Gasteiger partial charge in [-0.3, -0.25) is 4.79 Å². The van der Waals surface area contributed by atoms with E-state index >= 15 is 0 Å². The lowest BCUT2D eigenvalue weighted by Gasteiger charge is -2.21. The van der Waals surface area contributed by atoms with Gasteiger partial charge >= 0.3 is 0 Å². The monoisotopic (exact) mass is 462 g/mol. The van der Waals surface area contributed by atoms with E-state index in [9.17, 15) is 13.2 Å². The average Bonchev–Trinajstić information content (AvgIpc) is 3.15. The van der Waals surface area contributed by atoms with Crippen molar-refractivity contribution in [2.24, 2.45) is 0 Å². The predicted molar refractivity (Wildman–Crippen MR) is 124 cm³/mol. The van der Waals surface area contributed by atoms with Crippen molar-refractivity contribution in [2.75, 3.05) is 18.6 Å². The number of rotatable bonds is 11. The summed E-state index contributed by atoms with van der Waals surface area (Å²) < 4.78 is 26.8. The van der Waals surface area contributed by atoms with Crippen LogP contribution in [0.4, 0.5) is 0 Å². The molecular formula is C22H30N4O3S2. The van der Waals surface area contributed by atoms with Crippen molar-refractivity contribution < 1.29 is 13.2 Å². The molecule has 7 nitrogen and oxygen atoms in total. The van der Waals surface area contributed by atoms with Crippen LogP contribution in [0.5, 0.6) is 0 Å². The Labute approximate surface area is 188 Å². The Morgan fingerprint density at radius 1 is 1.23 bits per heavy atom. The summed E-state index contributed by atoms with van der Waals surface area (Å²) in [6.07, 6.45) is 9.59. The Kier molecular flexibility index (Phi) is 8.45. The molecule has 1 fully saturated rings. The zero-order valence-corrected chi connectivity index (χ0v) is 19.6. The summed E-state index contributed by atoms with van der Waals surface area (Å²) in [6.45, 7) is 4.84. The molecule has 0 radical (unpaired) electrons. The largest absolute Gasteiger partial charge is 0.302 e. The molecule has 0 amide bonds. The summed E-state index contributed by atoms with van der Waals surface area (Å²) in [7, 11) is -3.19. The summed E-state index contributed by atoms with van der Waals surface area (Å²) in [5.74, 6) is 1.77. The minimum absolute atomic E-state index is 0.0261. The number of hydrogen-bond acceptors (Lipinski definition) is 6. The molecule has 3 rings (SSSR count). The lowest BCUT2D eigenvalue weighted by molar-refractivity contribution is 0.102. The second-order valence-corrected chi connectivity index (χ2v) is 10.7. The van der Waals surface area contributed by atoms with Crippen LogP contribution in [0.3, 0.4) is 0 Å². The quantitative estimate of drug-likeness (QED) is 0.312. The second-order valence-electron chi connectivity index (χ2n) is 7.90. The third-order valence-electron chi connectivity index (χ3n) is 5.41. The van der Waals surface area contributed by atoms with Crippen LogP contribution in [0.2, 0.25) is 0 Å². The molecule has 1 N–H and O–H groups in total. The molecule has 0 unspecified atom stereocenters. The molecule has 0 saturated heterocycles. The Bertz CT molecular complexity index is 994. The zero-order chi connectivity index (χ0) is 22.3. The molecule has 168 valence electrons. The van der Waals surface area contributed by atoms with E-state index in [1.54, 1.807) is 12.1 Å². The van der Waals surface area contributed by atoms with Crippen LogP contribution in [0.25, 0.3) is 0 Å². The standard InChI is InChI=1S/C22H30N4O3S2/c1-3-15-26-21(19-7-5-4-6-8-19)24-25-22(26)30-16-20(27)18-11-9-17(10-12-18)13-14-23-31(2,28)29/h3,9-12,19,23H,1,4-8,13-16H2,2H3. The predicted octanol–water partition coefficient (Wildman–Crippen LogP) is 3.58. The number of benzene rings is 1. The van der Waals surface area contributed by atoms with Gasteiger partial charge in [0, 0.05) is 24.6 Å². The van der Waals surface area contributed by atoms with Gasteiger partial charge in [0.05, 0.1) is 12.0 Å². The van der Waals surface area contributed by atoms with Crippen molar-refractivity contribution in [3.63, 3.8) is 0 Å². The van der Waals surface area contributed by atoms with Crippen LogP contribution < -0.4 is 4.72 Å². The Hall–Kier alpha value is -1.97. The number of aromatic nitrogens is 3. The minimum Gasteiger partial charge on any atom is -0.302 e. The van der Waals surface area contributed by atoms with Gasteiger partial charge in [0.15, 0.2) is 10.9 Å². The Balaban J connectivity index is 1.58. The maximum atomic E-state index is 12.7. The normalized spacial score (nSPS) is 15.1. The van der Waals surface area contributed by atoms with Crippen LogP contribution in [-0.4, -0.2) is 47.5 Å². The van der Waals surface area contributed by atoms with Crippen molar-refractivity contribution in [2.45, 2.75) is 56.1 Å². The summed E-state index contributed by atoms with van der Waals surface area (Å²) >= 11 is 1.41. The van der Waals surface area contributed by atoms with Crippen molar-refractivity contribution in [3.8, 4) is 0 Å². The van der Waals surface area contributed by atoms with Gasteiger partial charge in [-0.15, -0.1) is 16.8 Å². The van der Waals surface area contributed by atoms with Gasteiger partial charge in [0.1, 0.15) is 5.82 Å². The van der Waals surface area contributed by atoms with E-state index in [4.69, 9.17) is 0 Å². The highest BCUT2D eigenvalue weighted by molar-refractivity contribution is 7.99. The average molecular weight is 463 g/mol. The first-order valence-electron chi connectivity index (χ1n) is 10.6. The van der Waals surface area contributed by atoms with Gasteiger partial charge < -0.3 is 4.57 Å². The molecular weight excluding hydrogens is 432 g/mol. The molecule has 2 aromatic rings. The summed E-state index contributed by atoms with van der Waals surface area (Å²) in [4.78, 5) is 12.7. The molecule has 1 aliphatic carbocycles. The van der Waals surface area contributed by atoms with Gasteiger partial charge in [0.2, 0.25) is 10.0 Å². The fourth-order valence-corrected chi connectivity index (χ4v) is 5.14. The van der Waals surface area contributed by atoms with Gasteiger partial charge in [-0.05, 0) is 24.8 Å². The van der Waals surface area contributed by atoms with E-state index in [0.29, 0.717) is 31.0 Å². The Morgan fingerprint density at radius 2 is 1.94 bits per heavy atom. The van der Waals surface area contributed by atoms with Gasteiger partial charge in [-0.1, -0.05) is 61.4 Å². The number of nitrogens with one attached hydrogen (secondary N) is 1. The maximum Gasteiger partial charge on any atom is 0.208 e. The van der Waals surface area contributed by atoms with Crippen LogP contribution in [0.1, 0.15) is 59.8 Å². The molecule has 0 bridgehead atoms. The molecule has 1 aliphatic rings. The van der Waals surface area contributed by atoms with Crippen molar-refractivity contribution >= 4 is 27.6 Å². The zero-order valence-electron chi connectivity index (χ0n) is 17.9. The molecule has 0 aliphatic heterocycles. The fourth-order valence-electron chi connectivity index (χ4n) is 3.82. The van der Waals surface area contributed by atoms with E-state index in [2.05, 4.69) is 26.1 Å². The van der Waals surface area contributed by atoms with E-state index in [1.807, 2.05) is 18.2 Å². The van der Waals surface area contributed by atoms with Crippen LogP contribution in [0.15, 0.2) is 42.1 Å². The molecule has 0 spiro atoms. The van der Waals surface area contributed by atoms with Crippen LogP contribution in [-0.2, 0) is 23.0 Å². The van der Waals surface area contributed by atoms with Gasteiger partial charge in [-0.25, -0.2) is 13.1 Å². The van der Waals surface area contributed by atoms with E-state index < -0.39 is 10.0 Å². The summed E-state index contributed by atoms with van der Waals surface area (Å²) in [5.41, 5.74) is 1.61. The van der Waals surface area contributed by atoms with E-state index in [0.717, 1.165) is 35.6 Å². The molecule has 1 heterocycles. The number of hydrogen-bond donors (Lipinski definition) is 1. The molecule has 0 atom stereocenters. The van der Waals surface area contributed by atoms with Gasteiger partial charge in [0.25, 0.3) is 0 Å². The smallest absolute Gasteiger partial charge is 0.208 e.